The molecule has 2 aromatic rings. The molecule has 0 aromatic carbocycles. The normalized spacial score (nSPS) is 9.90. The van der Waals surface area contributed by atoms with Crippen LogP contribution in [0.25, 0.3) is 0 Å². The third-order valence-electron chi connectivity index (χ3n) is 2.44. The third kappa shape index (κ3) is 5.21. The fourth-order valence-corrected chi connectivity index (χ4v) is 1.39. The Balaban J connectivity index is 0.000000219. The van der Waals surface area contributed by atoms with Gasteiger partial charge in [-0.2, -0.15) is 0 Å². The molecule has 0 aliphatic rings. The average molecular weight is 298 g/mol. The van der Waals surface area contributed by atoms with Gasteiger partial charge in [-0.1, -0.05) is 13.5 Å². The first-order valence-corrected chi connectivity index (χ1v) is 6.30. The van der Waals surface area contributed by atoms with Gasteiger partial charge in [-0.05, 0) is 20.8 Å². The lowest BCUT2D eigenvalue weighted by molar-refractivity contribution is 0.177. The topological polar surface area (TPSA) is 95.9 Å². The second-order valence-electron chi connectivity index (χ2n) is 4.21. The molecule has 2 heterocycles. The quantitative estimate of drug-likeness (QED) is 0.800. The molecule has 0 fully saturated rings. The van der Waals surface area contributed by atoms with Crippen LogP contribution in [0.2, 0.25) is 0 Å². The molecule has 0 radical (unpaired) electrons. The maximum Gasteiger partial charge on any atom is 0.519 e. The van der Waals surface area contributed by atoms with Gasteiger partial charge in [0, 0.05) is 6.42 Å². The van der Waals surface area contributed by atoms with Gasteiger partial charge in [-0.25, -0.2) is 9.59 Å². The molecule has 0 aliphatic carbocycles. The zero-order valence-electron chi connectivity index (χ0n) is 12.5. The van der Waals surface area contributed by atoms with E-state index in [-0.39, 0.29) is 6.61 Å². The highest BCUT2D eigenvalue weighted by Gasteiger charge is 2.07. The maximum absolute atomic E-state index is 10.5. The van der Waals surface area contributed by atoms with E-state index < -0.39 is 11.6 Å². The van der Waals surface area contributed by atoms with Gasteiger partial charge in [0.05, 0.1) is 5.76 Å². The van der Waals surface area contributed by atoms with Gasteiger partial charge >= 0.3 is 11.6 Å². The Morgan fingerprint density at radius 1 is 1.00 bits per heavy atom. The first-order valence-electron chi connectivity index (χ1n) is 6.30. The fraction of sp³-hybridized carbons (Fsp3) is 0.429. The molecule has 0 N–H and O–H groups in total. The minimum atomic E-state index is -0.701. The third-order valence-corrected chi connectivity index (χ3v) is 2.44. The number of ether oxygens (including phenoxy) is 1. The van der Waals surface area contributed by atoms with E-state index >= 15 is 0 Å². The van der Waals surface area contributed by atoms with E-state index in [1.165, 1.54) is 0 Å². The van der Waals surface area contributed by atoms with Crippen molar-refractivity contribution in [2.24, 2.45) is 0 Å². The van der Waals surface area contributed by atoms with E-state index in [1.807, 2.05) is 6.92 Å². The second kappa shape index (κ2) is 7.37. The van der Waals surface area contributed by atoms with Crippen molar-refractivity contribution in [2.75, 3.05) is 0 Å². The highest BCUT2D eigenvalue weighted by molar-refractivity contribution is 4.99. The molecular weight excluding hydrogens is 280 g/mol. The standard InChI is InChI=1S/C8H10O4.C6H8O3/c1-5(2)10-4-7-6(3)11-8(9)12-7;1-3-5-4(2)8-6(7)9-5/h1,4H2,2-3H3;3H2,1-2H3. The lowest BCUT2D eigenvalue weighted by atomic mass is 10.3. The molecule has 0 bridgehead atoms. The minimum absolute atomic E-state index is 0.187. The van der Waals surface area contributed by atoms with Crippen LogP contribution in [0.15, 0.2) is 39.6 Å². The lowest BCUT2D eigenvalue weighted by Gasteiger charge is -2.00. The Kier molecular flexibility index (Phi) is 5.83. The van der Waals surface area contributed by atoms with Gasteiger partial charge in [0.2, 0.25) is 0 Å². The van der Waals surface area contributed by atoms with Crippen LogP contribution in [0.3, 0.4) is 0 Å². The summed E-state index contributed by atoms with van der Waals surface area (Å²) in [6, 6.07) is 0. The van der Waals surface area contributed by atoms with Crippen molar-refractivity contribution in [3.05, 3.63) is 56.6 Å². The molecule has 0 spiro atoms. The van der Waals surface area contributed by atoms with E-state index in [0.29, 0.717) is 35.2 Å². The summed E-state index contributed by atoms with van der Waals surface area (Å²) in [6.07, 6.45) is 0.706. The SMILES string of the molecule is C=C(C)OCc1oc(=O)oc1C.CCc1oc(=O)oc1C. The number of hydrogen-bond donors (Lipinski definition) is 0. The van der Waals surface area contributed by atoms with Crippen LogP contribution in [-0.2, 0) is 17.8 Å². The maximum atomic E-state index is 10.5. The molecule has 21 heavy (non-hydrogen) atoms. The summed E-state index contributed by atoms with van der Waals surface area (Å²) in [5.74, 6) is 1.34. The summed E-state index contributed by atoms with van der Waals surface area (Å²) >= 11 is 0. The summed E-state index contributed by atoms with van der Waals surface area (Å²) in [6.45, 7) is 10.7. The smallest absolute Gasteiger partial charge is 0.491 e. The molecular formula is C14H18O7. The predicted octanol–water partition coefficient (Wildman–Crippen LogP) is 2.70. The summed E-state index contributed by atoms with van der Waals surface area (Å²) in [5, 5.41) is 0. The van der Waals surface area contributed by atoms with Crippen LogP contribution in [0.5, 0.6) is 0 Å². The number of aryl methyl sites for hydroxylation is 3. The van der Waals surface area contributed by atoms with Crippen LogP contribution in [0, 0.1) is 13.8 Å². The Morgan fingerprint density at radius 2 is 1.48 bits per heavy atom. The van der Waals surface area contributed by atoms with E-state index in [4.69, 9.17) is 4.74 Å². The molecule has 0 unspecified atom stereocenters. The largest absolute Gasteiger partial charge is 0.519 e. The number of allylic oxidation sites excluding steroid dienone is 1. The van der Waals surface area contributed by atoms with Gasteiger partial charge in [0.15, 0.2) is 11.5 Å². The summed E-state index contributed by atoms with van der Waals surface area (Å²) < 4.78 is 23.6. The van der Waals surface area contributed by atoms with Gasteiger partial charge < -0.3 is 22.4 Å². The van der Waals surface area contributed by atoms with Gasteiger partial charge in [0.25, 0.3) is 0 Å². The Labute approximate surface area is 120 Å². The molecule has 2 aromatic heterocycles. The van der Waals surface area contributed by atoms with E-state index in [9.17, 15) is 9.59 Å². The molecule has 0 atom stereocenters. The van der Waals surface area contributed by atoms with Crippen LogP contribution >= 0.6 is 0 Å². The van der Waals surface area contributed by atoms with Gasteiger partial charge in [-0.15, -0.1) is 0 Å². The predicted molar refractivity (Wildman–Crippen MR) is 72.9 cm³/mol. The Bertz CT molecular complexity index is 695. The van der Waals surface area contributed by atoms with Crippen molar-refractivity contribution >= 4 is 0 Å². The van der Waals surface area contributed by atoms with Gasteiger partial charge in [0.1, 0.15) is 18.1 Å². The van der Waals surface area contributed by atoms with E-state index in [1.54, 1.807) is 20.8 Å². The van der Waals surface area contributed by atoms with Crippen molar-refractivity contribution in [3.8, 4) is 0 Å². The zero-order valence-corrected chi connectivity index (χ0v) is 12.5. The number of rotatable bonds is 4. The van der Waals surface area contributed by atoms with Crippen LogP contribution in [0.1, 0.15) is 36.9 Å². The Morgan fingerprint density at radius 3 is 1.76 bits per heavy atom. The van der Waals surface area contributed by atoms with Gasteiger partial charge in [-0.3, -0.25) is 0 Å². The highest BCUT2D eigenvalue weighted by Crippen LogP contribution is 2.08. The zero-order chi connectivity index (χ0) is 16.0. The van der Waals surface area contributed by atoms with E-state index in [2.05, 4.69) is 24.2 Å². The molecule has 116 valence electrons. The monoisotopic (exact) mass is 298 g/mol. The summed E-state index contributed by atoms with van der Waals surface area (Å²) in [7, 11) is 0. The van der Waals surface area contributed by atoms with E-state index in [0.717, 1.165) is 0 Å². The second-order valence-corrected chi connectivity index (χ2v) is 4.21. The summed E-state index contributed by atoms with van der Waals surface area (Å²) in [5.41, 5.74) is 0. The minimum Gasteiger partial charge on any atom is -0.491 e. The lowest BCUT2D eigenvalue weighted by Crippen LogP contribution is -1.90. The van der Waals surface area contributed by atoms with Crippen LogP contribution in [0.4, 0.5) is 0 Å². The molecule has 0 saturated heterocycles. The average Bonchev–Trinajstić information content (AvgIpc) is 2.89. The first kappa shape index (κ1) is 16.6. The molecule has 0 amide bonds. The molecule has 7 heteroatoms. The Hall–Kier alpha value is -2.44. The van der Waals surface area contributed by atoms with Crippen LogP contribution < -0.4 is 11.6 Å². The first-order chi connectivity index (χ1) is 9.83. The molecule has 2 rings (SSSR count). The van der Waals surface area contributed by atoms with Crippen molar-refractivity contribution in [1.29, 1.82) is 0 Å². The van der Waals surface area contributed by atoms with Crippen molar-refractivity contribution in [2.45, 2.75) is 40.7 Å². The number of hydrogen-bond acceptors (Lipinski definition) is 7. The summed E-state index contributed by atoms with van der Waals surface area (Å²) in [4.78, 5) is 20.9. The van der Waals surface area contributed by atoms with Crippen molar-refractivity contribution in [1.82, 2.24) is 0 Å². The fourth-order valence-electron chi connectivity index (χ4n) is 1.39. The van der Waals surface area contributed by atoms with Crippen molar-refractivity contribution in [3.63, 3.8) is 0 Å². The molecule has 7 nitrogen and oxygen atoms in total. The van der Waals surface area contributed by atoms with Crippen molar-refractivity contribution < 1.29 is 22.4 Å². The molecule has 0 saturated carbocycles. The van der Waals surface area contributed by atoms with Crippen LogP contribution in [-0.4, -0.2) is 0 Å². The highest BCUT2D eigenvalue weighted by atomic mass is 16.6. The molecule has 0 aliphatic heterocycles.